The fourth-order valence-electron chi connectivity index (χ4n) is 5.24. The van der Waals surface area contributed by atoms with Gasteiger partial charge in [-0.05, 0) is 120 Å². The number of hydrogen-bond acceptors (Lipinski definition) is 3. The molecule has 0 saturated carbocycles. The van der Waals surface area contributed by atoms with Gasteiger partial charge in [0.15, 0.2) is 5.78 Å². The summed E-state index contributed by atoms with van der Waals surface area (Å²) in [4.78, 5) is 19.1. The van der Waals surface area contributed by atoms with Gasteiger partial charge in [0.1, 0.15) is 0 Å². The molecule has 230 valence electrons. The van der Waals surface area contributed by atoms with Gasteiger partial charge in [0.2, 0.25) is 21.1 Å². The van der Waals surface area contributed by atoms with Crippen LogP contribution >= 0.6 is 23.1 Å². The average Bonchev–Trinajstić information content (AvgIpc) is 2.92. The molecule has 2 heterocycles. The minimum Gasteiger partial charge on any atom is -0.871 e. The number of rotatable bonds is 14. The molecule has 0 saturated heterocycles. The smallest absolute Gasteiger partial charge is 0.218 e. The summed E-state index contributed by atoms with van der Waals surface area (Å²) >= 11 is 3.79. The van der Waals surface area contributed by atoms with Crippen LogP contribution in [-0.4, -0.2) is 5.78 Å². The van der Waals surface area contributed by atoms with Gasteiger partial charge < -0.3 is 5.11 Å². The predicted molar refractivity (Wildman–Crippen MR) is 184 cm³/mol. The van der Waals surface area contributed by atoms with Gasteiger partial charge in [-0.1, -0.05) is 72.9 Å². The first-order chi connectivity index (χ1) is 19.8. The topological polar surface area (TPSA) is 40.1 Å². The van der Waals surface area contributed by atoms with Crippen molar-refractivity contribution in [2.75, 3.05) is 0 Å². The summed E-state index contributed by atoms with van der Waals surface area (Å²) < 4.78 is 0. The molecule has 0 N–H and O–H groups in total. The second-order valence-corrected chi connectivity index (χ2v) is 16.5. The number of hydrogen-bond donors (Lipinski definition) is 0. The Morgan fingerprint density at radius 1 is 0.714 bits per heavy atom. The Bertz CT molecular complexity index is 1240. The van der Waals surface area contributed by atoms with Crippen LogP contribution in [0, 0.1) is 23.7 Å². The first-order valence-corrected chi connectivity index (χ1v) is 17.8. The molecule has 0 fully saturated rings. The van der Waals surface area contributed by atoms with E-state index in [2.05, 4.69) is 79.7 Å². The van der Waals surface area contributed by atoms with Crippen LogP contribution in [0.15, 0.2) is 62.1 Å². The molecular weight excluding hydrogens is 553 g/mol. The van der Waals surface area contributed by atoms with Crippen LogP contribution in [0.5, 0.6) is 0 Å². The van der Waals surface area contributed by atoms with Crippen LogP contribution in [0.3, 0.4) is 0 Å². The van der Waals surface area contributed by atoms with Crippen molar-refractivity contribution in [2.45, 2.75) is 121 Å². The number of thioether (sulfide) groups is 1. The van der Waals surface area contributed by atoms with E-state index >= 15 is 0 Å². The second kappa shape index (κ2) is 15.7. The Morgan fingerprint density at radius 2 is 1.14 bits per heavy atom. The Labute approximate surface area is 265 Å². The highest BCUT2D eigenvalue weighted by Gasteiger charge is 2.32. The molecule has 4 heteroatoms. The number of allylic oxidation sites excluding steroid dienone is 9. The van der Waals surface area contributed by atoms with Gasteiger partial charge in [-0.3, -0.25) is 4.79 Å². The van der Waals surface area contributed by atoms with E-state index in [9.17, 15) is 9.90 Å². The lowest BCUT2D eigenvalue weighted by Crippen LogP contribution is -2.31. The molecule has 1 aliphatic carbocycles. The van der Waals surface area contributed by atoms with Crippen LogP contribution in [0.25, 0.3) is 5.57 Å². The molecule has 2 nitrogen and oxygen atoms in total. The lowest BCUT2D eigenvalue weighted by Gasteiger charge is -2.33. The van der Waals surface area contributed by atoms with Crippen molar-refractivity contribution in [3.63, 3.8) is 0 Å². The Morgan fingerprint density at radius 3 is 1.55 bits per heavy atom. The molecule has 0 aromatic carbocycles. The van der Waals surface area contributed by atoms with E-state index in [-0.39, 0.29) is 11.5 Å². The molecule has 0 radical (unpaired) electrons. The van der Waals surface area contributed by atoms with E-state index in [4.69, 9.17) is 0 Å². The predicted octanol–water partition coefficient (Wildman–Crippen LogP) is 10.9. The zero-order valence-corrected chi connectivity index (χ0v) is 29.5. The summed E-state index contributed by atoms with van der Waals surface area (Å²) in [5.74, 6) is 2.38. The van der Waals surface area contributed by atoms with Crippen LogP contribution in [0.4, 0.5) is 0 Å². The fraction of sp³-hybridized carbons (Fsp3) is 0.579. The summed E-state index contributed by atoms with van der Waals surface area (Å²) in [5, 5.41) is 13.7. The normalized spacial score (nSPS) is 17.0. The molecule has 1 aromatic heterocycles. The van der Waals surface area contributed by atoms with Crippen molar-refractivity contribution >= 4 is 34.5 Å². The number of aryl methyl sites for hydroxylation is 2. The van der Waals surface area contributed by atoms with E-state index in [1.807, 2.05) is 36.9 Å². The highest BCUT2D eigenvalue weighted by atomic mass is 32.2. The van der Waals surface area contributed by atoms with Gasteiger partial charge in [-0.2, -0.15) is 0 Å². The lowest BCUT2D eigenvalue weighted by molar-refractivity contribution is -0.300. The number of carbonyl (C=O) groups is 1. The molecule has 42 heavy (non-hydrogen) atoms. The minimum atomic E-state index is -0.0880. The Balaban J connectivity index is 2.01. The van der Waals surface area contributed by atoms with E-state index in [0.717, 1.165) is 73.6 Å². The van der Waals surface area contributed by atoms with Gasteiger partial charge in [-0.15, -0.1) is 0 Å². The van der Waals surface area contributed by atoms with Crippen molar-refractivity contribution in [3.05, 3.63) is 77.5 Å². The maximum Gasteiger partial charge on any atom is 0.218 e. The monoisotopic (exact) mass is 606 g/mol. The quantitative estimate of drug-likeness (QED) is 0.156. The van der Waals surface area contributed by atoms with Crippen molar-refractivity contribution in [1.29, 1.82) is 0 Å². The Kier molecular flexibility index (Phi) is 12.9. The third kappa shape index (κ3) is 9.55. The van der Waals surface area contributed by atoms with Gasteiger partial charge in [0, 0.05) is 36.1 Å². The standard InChI is InChI=1S/C38H54O2S2/c1-23(2)11-15-31-19-29(20-32(41-31)16-12-24(3)4)27(9)35-37(39)36(38(35)40)28(10)30-21-33(17-13-25(5)6)42-34(22-30)18-14-26(7)8/h19-26H,11-18H2,1-10H3. The molecule has 0 spiro atoms. The van der Waals surface area contributed by atoms with E-state index < -0.39 is 0 Å². The first-order valence-electron chi connectivity index (χ1n) is 16.2. The highest BCUT2D eigenvalue weighted by Crippen LogP contribution is 2.43. The van der Waals surface area contributed by atoms with Crippen molar-refractivity contribution < 1.29 is 9.90 Å². The van der Waals surface area contributed by atoms with E-state index in [1.54, 1.807) is 0 Å². The lowest BCUT2D eigenvalue weighted by atomic mass is 9.78. The molecule has 0 amide bonds. The molecule has 1 aliphatic heterocycles. The molecule has 1 aromatic rings. The van der Waals surface area contributed by atoms with Crippen molar-refractivity contribution in [2.24, 2.45) is 23.7 Å². The molecule has 0 atom stereocenters. The minimum absolute atomic E-state index is 0.0880. The number of carbonyl (C=O) groups excluding carboxylic acids is 1. The van der Waals surface area contributed by atoms with E-state index in [1.165, 1.54) is 19.6 Å². The van der Waals surface area contributed by atoms with Crippen LogP contribution in [0.2, 0.25) is 0 Å². The molecule has 3 rings (SSSR count). The SMILES string of the molecule is CC(=C1C=C(CCC(C)C)SC(CCC(C)C)=C1)C1=C([O-])C(=C(C)c2cc(CCC(C)C)[s+]c(CCC(C)C)c2)C1=O. The van der Waals surface area contributed by atoms with Gasteiger partial charge >= 0.3 is 0 Å². The number of Topliss-reactive ketones (excluding diaryl/α,β-unsaturated/α-hetero) is 1. The zero-order chi connectivity index (χ0) is 31.1. The molecule has 0 bridgehead atoms. The third-order valence-corrected chi connectivity index (χ3v) is 10.5. The van der Waals surface area contributed by atoms with Gasteiger partial charge in [0.25, 0.3) is 0 Å². The highest BCUT2D eigenvalue weighted by molar-refractivity contribution is 8.06. The molecule has 2 aliphatic rings. The largest absolute Gasteiger partial charge is 0.871 e. The summed E-state index contributed by atoms with van der Waals surface area (Å²) in [6.45, 7) is 22.0. The Hall–Kier alpha value is -1.91. The summed E-state index contributed by atoms with van der Waals surface area (Å²) in [6.07, 6.45) is 13.1. The first kappa shape index (κ1) is 34.6. The maximum absolute atomic E-state index is 13.7. The molecular formula is C38H54O2S2. The van der Waals surface area contributed by atoms with Crippen LogP contribution < -0.4 is 5.11 Å². The maximum atomic E-state index is 13.7. The van der Waals surface area contributed by atoms with Crippen molar-refractivity contribution in [3.8, 4) is 0 Å². The number of ketones is 1. The van der Waals surface area contributed by atoms with Crippen LogP contribution in [0.1, 0.15) is 123 Å². The van der Waals surface area contributed by atoms with Gasteiger partial charge in [-0.25, -0.2) is 0 Å². The fourth-order valence-corrected chi connectivity index (χ4v) is 7.54. The second-order valence-electron chi connectivity index (χ2n) is 13.9. The summed E-state index contributed by atoms with van der Waals surface area (Å²) in [6, 6.07) is 4.45. The average molecular weight is 607 g/mol. The summed E-state index contributed by atoms with van der Waals surface area (Å²) in [5.41, 5.74) is 4.49. The zero-order valence-electron chi connectivity index (χ0n) is 27.9. The van der Waals surface area contributed by atoms with Crippen molar-refractivity contribution in [1.82, 2.24) is 0 Å². The van der Waals surface area contributed by atoms with E-state index in [0.29, 0.717) is 34.8 Å². The van der Waals surface area contributed by atoms with Gasteiger partial charge in [0.05, 0.1) is 0 Å². The van der Waals surface area contributed by atoms with Crippen LogP contribution in [-0.2, 0) is 17.6 Å². The summed E-state index contributed by atoms with van der Waals surface area (Å²) in [7, 11) is 0. The molecule has 0 unspecified atom stereocenters. The third-order valence-electron chi connectivity index (χ3n) is 8.19.